The minimum atomic E-state index is -0.556. The summed E-state index contributed by atoms with van der Waals surface area (Å²) in [5.74, 6) is -0.634. The van der Waals surface area contributed by atoms with Crippen LogP contribution in [0.15, 0.2) is 22.8 Å². The predicted octanol–water partition coefficient (Wildman–Crippen LogP) is -0.103. The predicted molar refractivity (Wildman–Crippen MR) is 60.3 cm³/mol. The van der Waals surface area contributed by atoms with E-state index >= 15 is 0 Å². The summed E-state index contributed by atoms with van der Waals surface area (Å²) in [5.41, 5.74) is 0. The molecule has 6 heteroatoms. The van der Waals surface area contributed by atoms with Gasteiger partial charge in [0.2, 0.25) is 5.91 Å². The molecule has 1 heterocycles. The van der Waals surface area contributed by atoms with Crippen molar-refractivity contribution in [1.29, 1.82) is 0 Å². The van der Waals surface area contributed by atoms with Crippen LogP contribution >= 0.6 is 0 Å². The minimum absolute atomic E-state index is 0.143. The van der Waals surface area contributed by atoms with Crippen molar-refractivity contribution in [3.8, 4) is 0 Å². The number of nitrogens with one attached hydrogen (secondary N) is 2. The Morgan fingerprint density at radius 2 is 2.24 bits per heavy atom. The van der Waals surface area contributed by atoms with E-state index in [4.69, 9.17) is 4.42 Å². The lowest BCUT2D eigenvalue weighted by molar-refractivity contribution is -0.120. The Hall–Kier alpha value is -1.82. The van der Waals surface area contributed by atoms with Gasteiger partial charge < -0.3 is 20.2 Å². The molecule has 3 N–H and O–H groups in total. The monoisotopic (exact) mass is 240 g/mol. The van der Waals surface area contributed by atoms with Gasteiger partial charge >= 0.3 is 0 Å². The summed E-state index contributed by atoms with van der Waals surface area (Å²) in [7, 11) is 0. The molecule has 1 atom stereocenters. The lowest BCUT2D eigenvalue weighted by Gasteiger charge is -2.09. The number of furan rings is 1. The third-order valence-corrected chi connectivity index (χ3v) is 2.16. The van der Waals surface area contributed by atoms with E-state index in [0.717, 1.165) is 0 Å². The summed E-state index contributed by atoms with van der Waals surface area (Å²) in [4.78, 5) is 22.6. The van der Waals surface area contributed by atoms with Crippen LogP contribution in [0.1, 0.15) is 23.9 Å². The first-order valence-corrected chi connectivity index (χ1v) is 5.40. The molecule has 1 unspecified atom stereocenters. The van der Waals surface area contributed by atoms with E-state index in [2.05, 4.69) is 10.6 Å². The number of aliphatic hydroxyl groups is 1. The third-order valence-electron chi connectivity index (χ3n) is 2.16. The van der Waals surface area contributed by atoms with Crippen LogP contribution in [0.25, 0.3) is 0 Å². The van der Waals surface area contributed by atoms with Crippen molar-refractivity contribution in [2.45, 2.75) is 19.4 Å². The maximum absolute atomic E-state index is 11.4. The van der Waals surface area contributed by atoms with Crippen molar-refractivity contribution >= 4 is 11.8 Å². The van der Waals surface area contributed by atoms with Crippen LogP contribution in [-0.4, -0.2) is 36.1 Å². The van der Waals surface area contributed by atoms with Crippen LogP contribution in [0.2, 0.25) is 0 Å². The molecule has 1 rings (SSSR count). The van der Waals surface area contributed by atoms with Crippen LogP contribution in [0.5, 0.6) is 0 Å². The number of aliphatic hydroxyl groups excluding tert-OH is 1. The quantitative estimate of drug-likeness (QED) is 0.647. The number of carbonyl (C=O) groups excluding carboxylic acids is 2. The van der Waals surface area contributed by atoms with E-state index < -0.39 is 12.0 Å². The molecular weight excluding hydrogens is 224 g/mol. The molecule has 0 aliphatic carbocycles. The summed E-state index contributed by atoms with van der Waals surface area (Å²) < 4.78 is 4.86. The molecule has 1 aromatic heterocycles. The molecule has 0 radical (unpaired) electrons. The fourth-order valence-corrected chi connectivity index (χ4v) is 1.09. The number of carbonyl (C=O) groups is 2. The van der Waals surface area contributed by atoms with Gasteiger partial charge in [0.05, 0.1) is 18.9 Å². The Morgan fingerprint density at radius 3 is 2.82 bits per heavy atom. The summed E-state index contributed by atoms with van der Waals surface area (Å²) in [5, 5.41) is 14.1. The van der Waals surface area contributed by atoms with Gasteiger partial charge in [-0.15, -0.1) is 0 Å². The second-order valence-electron chi connectivity index (χ2n) is 3.53. The van der Waals surface area contributed by atoms with Crippen molar-refractivity contribution in [1.82, 2.24) is 10.6 Å². The normalized spacial score (nSPS) is 11.9. The van der Waals surface area contributed by atoms with E-state index in [1.54, 1.807) is 6.07 Å². The second kappa shape index (κ2) is 6.70. The molecule has 0 bridgehead atoms. The van der Waals surface area contributed by atoms with Gasteiger partial charge in [0.1, 0.15) is 0 Å². The lowest BCUT2D eigenvalue weighted by atomic mass is 10.3. The average molecular weight is 240 g/mol. The molecule has 0 saturated heterocycles. The van der Waals surface area contributed by atoms with Crippen LogP contribution in [0, 0.1) is 0 Å². The molecule has 6 nitrogen and oxygen atoms in total. The Balaban J connectivity index is 2.22. The van der Waals surface area contributed by atoms with Gasteiger partial charge in [0.25, 0.3) is 5.91 Å². The van der Waals surface area contributed by atoms with Crippen LogP contribution in [0.3, 0.4) is 0 Å². The molecule has 0 spiro atoms. The molecule has 0 aromatic carbocycles. The highest BCUT2D eigenvalue weighted by atomic mass is 16.3. The maximum Gasteiger partial charge on any atom is 0.287 e. The van der Waals surface area contributed by atoms with Gasteiger partial charge in [-0.2, -0.15) is 0 Å². The average Bonchev–Trinajstić information content (AvgIpc) is 2.86. The Labute approximate surface area is 99.0 Å². The highest BCUT2D eigenvalue weighted by Crippen LogP contribution is 1.98. The highest BCUT2D eigenvalue weighted by Gasteiger charge is 2.10. The summed E-state index contributed by atoms with van der Waals surface area (Å²) in [6.45, 7) is 1.86. The van der Waals surface area contributed by atoms with E-state index in [9.17, 15) is 14.7 Å². The number of amides is 2. The number of hydrogen-bond acceptors (Lipinski definition) is 4. The van der Waals surface area contributed by atoms with Crippen molar-refractivity contribution in [2.75, 3.05) is 13.1 Å². The van der Waals surface area contributed by atoms with E-state index in [1.165, 1.54) is 12.3 Å². The van der Waals surface area contributed by atoms with Crippen molar-refractivity contribution in [3.05, 3.63) is 24.2 Å². The van der Waals surface area contributed by atoms with Gasteiger partial charge in [0, 0.05) is 6.54 Å². The zero-order valence-corrected chi connectivity index (χ0v) is 9.60. The number of rotatable bonds is 6. The first-order valence-electron chi connectivity index (χ1n) is 5.40. The summed E-state index contributed by atoms with van der Waals surface area (Å²) in [6, 6.07) is 3.10. The molecule has 94 valence electrons. The van der Waals surface area contributed by atoms with Gasteiger partial charge in [-0.3, -0.25) is 9.59 Å². The molecule has 1 aromatic rings. The summed E-state index contributed by atoms with van der Waals surface area (Å²) >= 11 is 0. The lowest BCUT2D eigenvalue weighted by Crippen LogP contribution is -2.39. The number of hydrogen-bond donors (Lipinski definition) is 3. The highest BCUT2D eigenvalue weighted by molar-refractivity contribution is 5.94. The van der Waals surface area contributed by atoms with Crippen LogP contribution in [0.4, 0.5) is 0 Å². The fraction of sp³-hybridized carbons (Fsp3) is 0.455. The Morgan fingerprint density at radius 1 is 1.47 bits per heavy atom. The molecule has 0 fully saturated rings. The molecule has 0 aliphatic rings. The standard InChI is InChI=1S/C11H16N2O4/c1-2-8(14)6-12-10(15)7-13-11(16)9-4-3-5-17-9/h3-5,8,14H,2,6-7H2,1H3,(H,12,15)(H,13,16). The zero-order valence-electron chi connectivity index (χ0n) is 9.60. The zero-order chi connectivity index (χ0) is 12.7. The second-order valence-corrected chi connectivity index (χ2v) is 3.53. The Bertz CT molecular complexity index is 362. The van der Waals surface area contributed by atoms with E-state index in [-0.39, 0.29) is 24.8 Å². The SMILES string of the molecule is CCC(O)CNC(=O)CNC(=O)c1ccco1. The first-order chi connectivity index (χ1) is 8.13. The largest absolute Gasteiger partial charge is 0.459 e. The first kappa shape index (κ1) is 13.2. The van der Waals surface area contributed by atoms with Gasteiger partial charge in [0.15, 0.2) is 5.76 Å². The van der Waals surface area contributed by atoms with Crippen LogP contribution < -0.4 is 10.6 Å². The van der Waals surface area contributed by atoms with Crippen molar-refractivity contribution in [3.63, 3.8) is 0 Å². The smallest absolute Gasteiger partial charge is 0.287 e. The topological polar surface area (TPSA) is 91.6 Å². The Kier molecular flexibility index (Phi) is 5.22. The third kappa shape index (κ3) is 4.69. The van der Waals surface area contributed by atoms with Gasteiger partial charge in [-0.05, 0) is 18.6 Å². The van der Waals surface area contributed by atoms with E-state index in [0.29, 0.717) is 6.42 Å². The molecule has 0 aliphatic heterocycles. The van der Waals surface area contributed by atoms with Crippen molar-refractivity contribution in [2.24, 2.45) is 0 Å². The molecular formula is C11H16N2O4. The minimum Gasteiger partial charge on any atom is -0.459 e. The fourth-order valence-electron chi connectivity index (χ4n) is 1.09. The van der Waals surface area contributed by atoms with Gasteiger partial charge in [-0.1, -0.05) is 6.92 Å². The maximum atomic E-state index is 11.4. The van der Waals surface area contributed by atoms with Crippen LogP contribution in [-0.2, 0) is 4.79 Å². The van der Waals surface area contributed by atoms with Crippen molar-refractivity contribution < 1.29 is 19.1 Å². The van der Waals surface area contributed by atoms with E-state index in [1.807, 2.05) is 6.92 Å². The van der Waals surface area contributed by atoms with Gasteiger partial charge in [-0.25, -0.2) is 0 Å². The molecule has 0 saturated carbocycles. The molecule has 2 amide bonds. The molecule has 17 heavy (non-hydrogen) atoms. The summed E-state index contributed by atoms with van der Waals surface area (Å²) in [6.07, 6.45) is 1.39.